The van der Waals surface area contributed by atoms with Gasteiger partial charge in [-0.1, -0.05) is 62.8 Å². The number of hydrogen-bond acceptors (Lipinski definition) is 5. The Morgan fingerprint density at radius 2 is 1.85 bits per heavy atom. The first-order chi connectivity index (χ1) is 19.7. The van der Waals surface area contributed by atoms with Gasteiger partial charge < -0.3 is 24.5 Å². The molecule has 0 aliphatic carbocycles. The van der Waals surface area contributed by atoms with Gasteiger partial charge >= 0.3 is 0 Å². The third-order valence-electron chi connectivity index (χ3n) is 9.46. The summed E-state index contributed by atoms with van der Waals surface area (Å²) in [5.41, 5.74) is -0.905. The van der Waals surface area contributed by atoms with Crippen molar-refractivity contribution in [2.45, 2.75) is 89.1 Å². The standard InChI is InChI=1S/C33H47N3O5/c1-6-14-24(5)35(20-8-3)31(40)28-33-18-17-32(9-4,41-33)26(27(33)30(39)36(28)21-13-22-37)29(38)34(19-7-2)23-25-15-11-10-12-16-25/h7-8,10-12,15-16,24,26-28,37H,2-3,6,9,13-14,17-23H2,1,4-5H3/t24?,26-,27+,28?,32+,33?/m1/s1. The lowest BCUT2D eigenvalue weighted by Crippen LogP contribution is -2.58. The van der Waals surface area contributed by atoms with E-state index in [9.17, 15) is 19.5 Å². The zero-order valence-corrected chi connectivity index (χ0v) is 25.0. The Labute approximate surface area is 245 Å². The maximum Gasteiger partial charge on any atom is 0.248 e. The summed E-state index contributed by atoms with van der Waals surface area (Å²) in [5.74, 6) is -1.97. The lowest BCUT2D eigenvalue weighted by Gasteiger charge is -2.39. The second kappa shape index (κ2) is 12.9. The van der Waals surface area contributed by atoms with Crippen LogP contribution >= 0.6 is 0 Å². The van der Waals surface area contributed by atoms with Gasteiger partial charge in [-0.05, 0) is 44.6 Å². The first-order valence-electron chi connectivity index (χ1n) is 15.2. The summed E-state index contributed by atoms with van der Waals surface area (Å²) < 4.78 is 6.94. The van der Waals surface area contributed by atoms with Crippen LogP contribution in [0.25, 0.3) is 0 Å². The number of hydrogen-bond donors (Lipinski definition) is 1. The molecule has 1 aromatic rings. The zero-order chi connectivity index (χ0) is 29.8. The lowest BCUT2D eigenvalue weighted by atomic mass is 9.64. The van der Waals surface area contributed by atoms with E-state index in [0.29, 0.717) is 45.3 Å². The predicted octanol–water partition coefficient (Wildman–Crippen LogP) is 3.94. The van der Waals surface area contributed by atoms with E-state index in [1.165, 1.54) is 0 Å². The van der Waals surface area contributed by atoms with Crippen LogP contribution in [0.5, 0.6) is 0 Å². The van der Waals surface area contributed by atoms with Gasteiger partial charge in [0.25, 0.3) is 0 Å². The van der Waals surface area contributed by atoms with Gasteiger partial charge in [0.1, 0.15) is 11.6 Å². The first-order valence-corrected chi connectivity index (χ1v) is 15.2. The van der Waals surface area contributed by atoms with E-state index >= 15 is 0 Å². The highest BCUT2D eigenvalue weighted by Crippen LogP contribution is 2.64. The number of carbonyl (C=O) groups is 3. The van der Waals surface area contributed by atoms with E-state index in [0.717, 1.165) is 18.4 Å². The van der Waals surface area contributed by atoms with E-state index < -0.39 is 29.1 Å². The minimum Gasteiger partial charge on any atom is -0.396 e. The Morgan fingerprint density at radius 3 is 2.46 bits per heavy atom. The van der Waals surface area contributed by atoms with E-state index in [4.69, 9.17) is 4.74 Å². The smallest absolute Gasteiger partial charge is 0.248 e. The Hall–Kier alpha value is -2.97. The van der Waals surface area contributed by atoms with Crippen LogP contribution in [0.3, 0.4) is 0 Å². The molecule has 3 amide bonds. The largest absolute Gasteiger partial charge is 0.396 e. The normalized spacial score (nSPS) is 28.8. The number of benzene rings is 1. The SMILES string of the molecule is C=CCN(Cc1ccccc1)C(=O)[C@H]1[C@H]2C(=O)N(CCCO)C(C(=O)N(CC=C)C(C)CCC)C23CC[C@]1(CC)O3. The van der Waals surface area contributed by atoms with Crippen molar-refractivity contribution >= 4 is 17.7 Å². The van der Waals surface area contributed by atoms with E-state index in [-0.39, 0.29) is 36.9 Å². The Kier molecular flexibility index (Phi) is 9.75. The van der Waals surface area contributed by atoms with Gasteiger partial charge in [-0.3, -0.25) is 14.4 Å². The van der Waals surface area contributed by atoms with Crippen LogP contribution in [0.4, 0.5) is 0 Å². The van der Waals surface area contributed by atoms with Gasteiger partial charge in [-0.25, -0.2) is 0 Å². The molecular formula is C33H47N3O5. The topological polar surface area (TPSA) is 90.4 Å². The molecule has 0 saturated carbocycles. The van der Waals surface area contributed by atoms with E-state index in [2.05, 4.69) is 20.1 Å². The lowest BCUT2D eigenvalue weighted by molar-refractivity contribution is -0.156. The Morgan fingerprint density at radius 1 is 1.15 bits per heavy atom. The molecule has 3 aliphatic rings. The van der Waals surface area contributed by atoms with Crippen LogP contribution in [0.1, 0.15) is 64.9 Å². The second-order valence-electron chi connectivity index (χ2n) is 11.9. The van der Waals surface area contributed by atoms with Crippen LogP contribution in [0, 0.1) is 11.8 Å². The zero-order valence-electron chi connectivity index (χ0n) is 25.0. The van der Waals surface area contributed by atoms with E-state index in [1.807, 2.05) is 44.2 Å². The molecule has 3 unspecified atom stereocenters. The molecule has 0 aromatic heterocycles. The third-order valence-corrected chi connectivity index (χ3v) is 9.46. The molecule has 0 radical (unpaired) electrons. The molecule has 8 nitrogen and oxygen atoms in total. The van der Waals surface area contributed by atoms with Gasteiger partial charge in [0.05, 0.1) is 17.4 Å². The van der Waals surface area contributed by atoms with Crippen molar-refractivity contribution in [3.8, 4) is 0 Å². The molecule has 1 spiro atoms. The molecule has 6 atom stereocenters. The van der Waals surface area contributed by atoms with Crippen molar-refractivity contribution in [3.63, 3.8) is 0 Å². The fourth-order valence-corrected chi connectivity index (χ4v) is 7.60. The fraction of sp³-hybridized carbons (Fsp3) is 0.606. The maximum atomic E-state index is 14.5. The molecule has 41 heavy (non-hydrogen) atoms. The minimum absolute atomic E-state index is 0.0409. The number of aliphatic hydroxyl groups is 1. The van der Waals surface area contributed by atoms with Crippen molar-refractivity contribution in [2.24, 2.45) is 11.8 Å². The van der Waals surface area contributed by atoms with Crippen LogP contribution in [-0.4, -0.2) is 87.1 Å². The first kappa shape index (κ1) is 31.0. The quantitative estimate of drug-likeness (QED) is 0.326. The molecule has 3 saturated heterocycles. The Balaban J connectivity index is 1.77. The van der Waals surface area contributed by atoms with Crippen LogP contribution < -0.4 is 0 Å². The maximum absolute atomic E-state index is 14.5. The van der Waals surface area contributed by atoms with Gasteiger partial charge in [0, 0.05) is 38.8 Å². The van der Waals surface area contributed by atoms with Gasteiger partial charge in [-0.2, -0.15) is 0 Å². The monoisotopic (exact) mass is 565 g/mol. The number of carbonyl (C=O) groups excluding carboxylic acids is 3. The molecule has 1 N–H and O–H groups in total. The number of rotatable bonds is 15. The molecule has 3 aliphatic heterocycles. The number of fused-ring (bicyclic) bond motifs is 1. The molecule has 1 aromatic carbocycles. The summed E-state index contributed by atoms with van der Waals surface area (Å²) in [6, 6.07) is 8.90. The van der Waals surface area contributed by atoms with Crippen molar-refractivity contribution in [2.75, 3.05) is 26.2 Å². The third kappa shape index (κ3) is 5.37. The molecule has 2 bridgehead atoms. The number of nitrogens with zero attached hydrogens (tertiary/aromatic N) is 3. The number of ether oxygens (including phenoxy) is 1. The summed E-state index contributed by atoms with van der Waals surface area (Å²) >= 11 is 0. The molecule has 8 heteroatoms. The summed E-state index contributed by atoms with van der Waals surface area (Å²) in [7, 11) is 0. The van der Waals surface area contributed by atoms with Crippen LogP contribution in [0.2, 0.25) is 0 Å². The predicted molar refractivity (Wildman–Crippen MR) is 159 cm³/mol. The Bertz CT molecular complexity index is 1130. The summed E-state index contributed by atoms with van der Waals surface area (Å²) in [5, 5.41) is 9.67. The fourth-order valence-electron chi connectivity index (χ4n) is 7.60. The number of likely N-dealkylation sites (tertiary alicyclic amines) is 1. The van der Waals surface area contributed by atoms with Gasteiger partial charge in [-0.15, -0.1) is 13.2 Å². The van der Waals surface area contributed by atoms with Crippen LogP contribution in [0.15, 0.2) is 55.6 Å². The average molecular weight is 566 g/mol. The van der Waals surface area contributed by atoms with E-state index in [1.54, 1.807) is 26.9 Å². The van der Waals surface area contributed by atoms with Gasteiger partial charge in [0.15, 0.2) is 0 Å². The van der Waals surface area contributed by atoms with Crippen molar-refractivity contribution in [1.29, 1.82) is 0 Å². The van der Waals surface area contributed by atoms with Crippen molar-refractivity contribution < 1.29 is 24.2 Å². The van der Waals surface area contributed by atoms with Crippen molar-refractivity contribution in [3.05, 3.63) is 61.2 Å². The van der Waals surface area contributed by atoms with Gasteiger partial charge in [0.2, 0.25) is 17.7 Å². The molecule has 3 heterocycles. The number of amides is 3. The minimum atomic E-state index is -1.09. The molecule has 224 valence electrons. The second-order valence-corrected chi connectivity index (χ2v) is 11.9. The highest BCUT2D eigenvalue weighted by molar-refractivity contribution is 5.99. The average Bonchev–Trinajstić information content (AvgIpc) is 3.58. The van der Waals surface area contributed by atoms with Crippen molar-refractivity contribution in [1.82, 2.24) is 14.7 Å². The molecule has 3 fully saturated rings. The summed E-state index contributed by atoms with van der Waals surface area (Å²) in [6.07, 6.45) is 7.24. The number of aliphatic hydroxyl groups excluding tert-OH is 1. The summed E-state index contributed by atoms with van der Waals surface area (Å²) in [4.78, 5) is 48.5. The highest BCUT2D eigenvalue weighted by Gasteiger charge is 2.79. The highest BCUT2D eigenvalue weighted by atomic mass is 16.5. The molecule has 4 rings (SSSR count). The summed E-state index contributed by atoms with van der Waals surface area (Å²) in [6.45, 7) is 15.1. The van der Waals surface area contributed by atoms with Crippen LogP contribution in [-0.2, 0) is 25.7 Å². The molecular weight excluding hydrogens is 518 g/mol.